The van der Waals surface area contributed by atoms with Gasteiger partial charge in [0.15, 0.2) is 0 Å². The molecule has 0 aromatic carbocycles. The van der Waals surface area contributed by atoms with E-state index in [0.717, 1.165) is 18.1 Å². The van der Waals surface area contributed by atoms with Crippen LogP contribution in [0.5, 0.6) is 10.9 Å². The molecule has 1 N–H and O–H groups in total. The number of hydrogen-bond acceptors (Lipinski definition) is 6. The van der Waals surface area contributed by atoms with Gasteiger partial charge in [-0.05, 0) is 18.7 Å². The molecule has 2 rings (SSSR count). The molecule has 0 radical (unpaired) electrons. The third kappa shape index (κ3) is 2.98. The summed E-state index contributed by atoms with van der Waals surface area (Å²) in [5.41, 5.74) is 0. The van der Waals surface area contributed by atoms with Gasteiger partial charge in [-0.2, -0.15) is 0 Å². The summed E-state index contributed by atoms with van der Waals surface area (Å²) in [5, 5.41) is 12.6. The van der Waals surface area contributed by atoms with Crippen LogP contribution in [0.1, 0.15) is 11.9 Å². The molecular weight excluding hydrogens is 224 g/mol. The second-order valence-corrected chi connectivity index (χ2v) is 4.06. The van der Waals surface area contributed by atoms with Crippen LogP contribution >= 0.6 is 11.3 Å². The van der Waals surface area contributed by atoms with Gasteiger partial charge in [0.2, 0.25) is 0 Å². The van der Waals surface area contributed by atoms with E-state index in [4.69, 9.17) is 4.74 Å². The van der Waals surface area contributed by atoms with Crippen molar-refractivity contribution in [3.63, 3.8) is 0 Å². The maximum Gasteiger partial charge on any atom is 0.299 e. The predicted molar refractivity (Wildman–Crippen MR) is 61.6 cm³/mol. The third-order valence-electron chi connectivity index (χ3n) is 1.81. The highest BCUT2D eigenvalue weighted by atomic mass is 32.1. The summed E-state index contributed by atoms with van der Waals surface area (Å²) in [4.78, 5) is 3.96. The van der Waals surface area contributed by atoms with Gasteiger partial charge in [0.25, 0.3) is 5.19 Å². The zero-order valence-corrected chi connectivity index (χ0v) is 9.70. The van der Waals surface area contributed by atoms with Crippen LogP contribution in [-0.4, -0.2) is 21.7 Å². The second kappa shape index (κ2) is 5.53. The van der Waals surface area contributed by atoms with Gasteiger partial charge in [-0.25, -0.2) is 0 Å². The minimum absolute atomic E-state index is 0.543. The van der Waals surface area contributed by atoms with E-state index >= 15 is 0 Å². The van der Waals surface area contributed by atoms with E-state index in [2.05, 4.69) is 20.5 Å². The fourth-order valence-corrected chi connectivity index (χ4v) is 1.77. The lowest BCUT2D eigenvalue weighted by molar-refractivity contribution is 0.470. The molecule has 0 unspecified atom stereocenters. The molecule has 0 aliphatic heterocycles. The molecule has 0 bridgehead atoms. The Kier molecular flexibility index (Phi) is 3.79. The van der Waals surface area contributed by atoms with Gasteiger partial charge in [0, 0.05) is 12.7 Å². The summed E-state index contributed by atoms with van der Waals surface area (Å²) in [6, 6.07) is 3.65. The molecule has 2 aromatic rings. The molecule has 0 saturated carbocycles. The average Bonchev–Trinajstić information content (AvgIpc) is 2.75. The van der Waals surface area contributed by atoms with Crippen molar-refractivity contribution in [2.45, 2.75) is 13.5 Å². The van der Waals surface area contributed by atoms with Crippen LogP contribution in [0, 0.1) is 0 Å². The summed E-state index contributed by atoms with van der Waals surface area (Å²) >= 11 is 1.43. The van der Waals surface area contributed by atoms with Crippen molar-refractivity contribution < 1.29 is 4.74 Å². The number of ether oxygens (including phenoxy) is 1. The Balaban J connectivity index is 1.97. The Morgan fingerprint density at radius 1 is 1.44 bits per heavy atom. The monoisotopic (exact) mass is 236 g/mol. The normalized spacial score (nSPS) is 10.3. The zero-order chi connectivity index (χ0) is 11.2. The Morgan fingerprint density at radius 3 is 3.12 bits per heavy atom. The molecule has 0 atom stereocenters. The van der Waals surface area contributed by atoms with E-state index in [1.807, 2.05) is 19.1 Å². The molecule has 0 fully saturated rings. The Hall–Kier alpha value is -1.53. The standard InChI is InChI=1S/C10H12N4OS/c1-2-11-7-9-13-14-10(16-9)15-8-4-3-5-12-6-8/h3-6,11H,2,7H2,1H3. The Labute approximate surface area is 97.5 Å². The minimum atomic E-state index is 0.543. The van der Waals surface area contributed by atoms with E-state index in [1.54, 1.807) is 12.4 Å². The lowest BCUT2D eigenvalue weighted by Crippen LogP contribution is -2.11. The van der Waals surface area contributed by atoms with E-state index in [9.17, 15) is 0 Å². The molecule has 2 aromatic heterocycles. The average molecular weight is 236 g/mol. The summed E-state index contributed by atoms with van der Waals surface area (Å²) in [6.07, 6.45) is 3.34. The van der Waals surface area contributed by atoms with Crippen molar-refractivity contribution in [3.05, 3.63) is 29.5 Å². The smallest absolute Gasteiger partial charge is 0.299 e. The summed E-state index contributed by atoms with van der Waals surface area (Å²) < 4.78 is 5.49. The first kappa shape index (κ1) is 11.0. The van der Waals surface area contributed by atoms with Gasteiger partial charge in [0.1, 0.15) is 10.8 Å². The van der Waals surface area contributed by atoms with Crippen LogP contribution in [0.2, 0.25) is 0 Å². The topological polar surface area (TPSA) is 59.9 Å². The molecular formula is C10H12N4OS. The highest BCUT2D eigenvalue weighted by Gasteiger charge is 2.05. The first-order chi connectivity index (χ1) is 7.88. The highest BCUT2D eigenvalue weighted by molar-refractivity contribution is 7.13. The van der Waals surface area contributed by atoms with Gasteiger partial charge in [-0.3, -0.25) is 4.98 Å². The van der Waals surface area contributed by atoms with Crippen LogP contribution in [0.15, 0.2) is 24.5 Å². The molecule has 0 aliphatic rings. The zero-order valence-electron chi connectivity index (χ0n) is 8.88. The molecule has 16 heavy (non-hydrogen) atoms. The van der Waals surface area contributed by atoms with Crippen molar-refractivity contribution in [3.8, 4) is 10.9 Å². The van der Waals surface area contributed by atoms with E-state index in [0.29, 0.717) is 10.9 Å². The van der Waals surface area contributed by atoms with Gasteiger partial charge in [-0.15, -0.1) is 5.10 Å². The molecule has 0 amide bonds. The maximum atomic E-state index is 5.49. The lowest BCUT2D eigenvalue weighted by Gasteiger charge is -1.98. The molecule has 6 heteroatoms. The second-order valence-electron chi connectivity index (χ2n) is 3.03. The maximum absolute atomic E-state index is 5.49. The van der Waals surface area contributed by atoms with Gasteiger partial charge >= 0.3 is 0 Å². The van der Waals surface area contributed by atoms with E-state index < -0.39 is 0 Å². The number of hydrogen-bond donors (Lipinski definition) is 1. The number of nitrogens with one attached hydrogen (secondary N) is 1. The molecule has 0 aliphatic carbocycles. The number of rotatable bonds is 5. The first-order valence-corrected chi connectivity index (χ1v) is 5.81. The van der Waals surface area contributed by atoms with E-state index in [-0.39, 0.29) is 0 Å². The fourth-order valence-electron chi connectivity index (χ4n) is 1.09. The fraction of sp³-hybridized carbons (Fsp3) is 0.300. The van der Waals surface area contributed by atoms with Crippen LogP contribution in [-0.2, 0) is 6.54 Å². The van der Waals surface area contributed by atoms with Crippen LogP contribution in [0.3, 0.4) is 0 Å². The number of pyridine rings is 1. The molecule has 5 nitrogen and oxygen atoms in total. The minimum Gasteiger partial charge on any atom is -0.428 e. The Bertz CT molecular complexity index is 431. The van der Waals surface area contributed by atoms with Crippen LogP contribution in [0.4, 0.5) is 0 Å². The SMILES string of the molecule is CCNCc1nnc(Oc2cccnc2)s1. The third-order valence-corrected chi connectivity index (χ3v) is 2.62. The van der Waals surface area contributed by atoms with Crippen LogP contribution < -0.4 is 10.1 Å². The number of nitrogens with zero attached hydrogens (tertiary/aromatic N) is 3. The van der Waals surface area contributed by atoms with Gasteiger partial charge in [-0.1, -0.05) is 23.4 Å². The predicted octanol–water partition coefficient (Wildman–Crippen LogP) is 1.83. The Morgan fingerprint density at radius 2 is 2.38 bits per heavy atom. The van der Waals surface area contributed by atoms with Crippen molar-refractivity contribution in [1.82, 2.24) is 20.5 Å². The quantitative estimate of drug-likeness (QED) is 0.858. The van der Waals surface area contributed by atoms with Crippen molar-refractivity contribution in [2.75, 3.05) is 6.54 Å². The van der Waals surface area contributed by atoms with Crippen molar-refractivity contribution in [2.24, 2.45) is 0 Å². The largest absolute Gasteiger partial charge is 0.428 e. The van der Waals surface area contributed by atoms with E-state index in [1.165, 1.54) is 11.3 Å². The summed E-state index contributed by atoms with van der Waals surface area (Å²) in [6.45, 7) is 3.69. The molecule has 2 heterocycles. The van der Waals surface area contributed by atoms with Crippen molar-refractivity contribution >= 4 is 11.3 Å². The van der Waals surface area contributed by atoms with Crippen LogP contribution in [0.25, 0.3) is 0 Å². The van der Waals surface area contributed by atoms with Gasteiger partial charge < -0.3 is 10.1 Å². The van der Waals surface area contributed by atoms with Crippen molar-refractivity contribution in [1.29, 1.82) is 0 Å². The first-order valence-electron chi connectivity index (χ1n) is 4.99. The molecule has 84 valence electrons. The number of aromatic nitrogens is 3. The van der Waals surface area contributed by atoms with Gasteiger partial charge in [0.05, 0.1) is 6.20 Å². The molecule has 0 saturated heterocycles. The summed E-state index contributed by atoms with van der Waals surface area (Å²) in [5.74, 6) is 0.675. The lowest BCUT2D eigenvalue weighted by atomic mass is 10.5. The highest BCUT2D eigenvalue weighted by Crippen LogP contribution is 2.23. The summed E-state index contributed by atoms with van der Waals surface area (Å²) in [7, 11) is 0. The molecule has 0 spiro atoms.